The lowest BCUT2D eigenvalue weighted by Gasteiger charge is -2.23. The molecule has 12 heteroatoms. The Kier molecular flexibility index (Phi) is 14.8. The summed E-state index contributed by atoms with van der Waals surface area (Å²) in [4.78, 5) is 62.8. The first-order valence-corrected chi connectivity index (χ1v) is 14.6. The second kappa shape index (κ2) is 18.3. The number of hydrogen-bond donors (Lipinski definition) is 5. The minimum Gasteiger partial charge on any atom is -0.467 e. The van der Waals surface area contributed by atoms with E-state index in [1.807, 2.05) is 60.7 Å². The summed E-state index contributed by atoms with van der Waals surface area (Å²) in [6.07, 6.45) is 1.35. The summed E-state index contributed by atoms with van der Waals surface area (Å²) in [5.74, 6) is -2.30. The van der Waals surface area contributed by atoms with Gasteiger partial charge in [-0.25, -0.2) is 9.59 Å². The van der Waals surface area contributed by atoms with Crippen LogP contribution in [0.15, 0.2) is 60.7 Å². The zero-order valence-electron chi connectivity index (χ0n) is 25.9. The number of unbranched alkanes of at least 4 members (excludes halogenated alkanes) is 1. The Morgan fingerprint density at radius 3 is 1.89 bits per heavy atom. The molecule has 0 saturated heterocycles. The van der Waals surface area contributed by atoms with Crippen LogP contribution in [0.2, 0.25) is 0 Å². The Labute approximate surface area is 258 Å². The van der Waals surface area contributed by atoms with Gasteiger partial charge in [0.2, 0.25) is 17.7 Å². The molecule has 0 saturated carbocycles. The summed E-state index contributed by atoms with van der Waals surface area (Å²) in [5, 5.41) is 10.5. The van der Waals surface area contributed by atoms with Gasteiger partial charge in [-0.3, -0.25) is 14.4 Å². The van der Waals surface area contributed by atoms with E-state index in [4.69, 9.17) is 15.2 Å². The van der Waals surface area contributed by atoms with Gasteiger partial charge in [-0.2, -0.15) is 0 Å². The Morgan fingerprint density at radius 2 is 1.34 bits per heavy atom. The van der Waals surface area contributed by atoms with Crippen LogP contribution >= 0.6 is 0 Å². The first-order chi connectivity index (χ1) is 20.9. The van der Waals surface area contributed by atoms with Crippen LogP contribution in [0.4, 0.5) is 4.79 Å². The summed E-state index contributed by atoms with van der Waals surface area (Å²) in [5.41, 5.74) is 7.00. The highest BCUT2D eigenvalue weighted by Gasteiger charge is 2.28. The molecule has 2 rings (SSSR count). The van der Waals surface area contributed by atoms with Crippen molar-refractivity contribution >= 4 is 29.8 Å². The third-order valence-electron chi connectivity index (χ3n) is 6.39. The maximum Gasteiger partial charge on any atom is 0.407 e. The lowest BCUT2D eigenvalue weighted by molar-refractivity contribution is -0.145. The highest BCUT2D eigenvalue weighted by atomic mass is 16.6. The summed E-state index contributed by atoms with van der Waals surface area (Å²) in [6.45, 7) is 5.30. The Morgan fingerprint density at radius 1 is 0.773 bits per heavy atom. The molecular weight excluding hydrogens is 566 g/mol. The van der Waals surface area contributed by atoms with Crippen LogP contribution in [0.5, 0.6) is 0 Å². The fourth-order valence-corrected chi connectivity index (χ4v) is 4.19. The van der Waals surface area contributed by atoms with Gasteiger partial charge < -0.3 is 36.5 Å². The van der Waals surface area contributed by atoms with E-state index in [9.17, 15) is 24.0 Å². The van der Waals surface area contributed by atoms with E-state index in [2.05, 4.69) is 21.3 Å². The summed E-state index contributed by atoms with van der Waals surface area (Å²) < 4.78 is 10.1. The largest absolute Gasteiger partial charge is 0.467 e. The molecule has 2 aromatic rings. The van der Waals surface area contributed by atoms with Gasteiger partial charge in [0, 0.05) is 19.4 Å². The van der Waals surface area contributed by atoms with Crippen molar-refractivity contribution in [3.8, 4) is 0 Å². The maximum atomic E-state index is 13.4. The van der Waals surface area contributed by atoms with E-state index < -0.39 is 60.1 Å². The van der Waals surface area contributed by atoms with Gasteiger partial charge in [-0.05, 0) is 51.2 Å². The molecule has 0 aliphatic heterocycles. The molecule has 0 aromatic heterocycles. The number of benzene rings is 2. The van der Waals surface area contributed by atoms with Gasteiger partial charge in [0.05, 0.1) is 19.7 Å². The van der Waals surface area contributed by atoms with Gasteiger partial charge >= 0.3 is 12.1 Å². The van der Waals surface area contributed by atoms with Crippen LogP contribution in [0.1, 0.15) is 51.2 Å². The smallest absolute Gasteiger partial charge is 0.407 e. The van der Waals surface area contributed by atoms with Gasteiger partial charge in [-0.15, -0.1) is 0 Å². The number of rotatable bonds is 16. The second-order valence-corrected chi connectivity index (χ2v) is 11.3. The van der Waals surface area contributed by atoms with Crippen molar-refractivity contribution in [2.45, 2.75) is 76.6 Å². The van der Waals surface area contributed by atoms with Crippen LogP contribution in [-0.4, -0.2) is 73.7 Å². The van der Waals surface area contributed by atoms with Crippen molar-refractivity contribution in [1.82, 2.24) is 21.3 Å². The van der Waals surface area contributed by atoms with Crippen LogP contribution in [-0.2, 0) is 41.5 Å². The van der Waals surface area contributed by atoms with Crippen LogP contribution in [0.3, 0.4) is 0 Å². The number of carbonyl (C=O) groups excluding carboxylic acids is 5. The van der Waals surface area contributed by atoms with E-state index in [1.165, 1.54) is 7.11 Å². The SMILES string of the molecule is COC(=O)[C@H](Cc1ccccc1)NC(=O)[C@H](Cc1ccccc1)NC(=O)CNC(=O)[C@@H](N)CCCCNC(=O)OC(C)(C)C. The third kappa shape index (κ3) is 14.1. The van der Waals surface area contributed by atoms with Crippen molar-refractivity contribution in [2.24, 2.45) is 5.73 Å². The van der Waals surface area contributed by atoms with E-state index in [1.54, 1.807) is 20.8 Å². The molecule has 4 amide bonds. The topological polar surface area (TPSA) is 178 Å². The quantitative estimate of drug-likeness (QED) is 0.141. The molecule has 0 aliphatic carbocycles. The minimum atomic E-state index is -1.03. The molecule has 6 N–H and O–H groups in total. The van der Waals surface area contributed by atoms with Crippen molar-refractivity contribution in [1.29, 1.82) is 0 Å². The number of hydrogen-bond acceptors (Lipinski definition) is 8. The number of ether oxygens (including phenoxy) is 2. The summed E-state index contributed by atoms with van der Waals surface area (Å²) in [7, 11) is 1.24. The van der Waals surface area contributed by atoms with Crippen LogP contribution < -0.4 is 27.0 Å². The number of amides is 4. The first kappa shape index (κ1) is 35.7. The zero-order chi connectivity index (χ0) is 32.5. The Hall–Kier alpha value is -4.45. The Bertz CT molecular complexity index is 1220. The molecule has 0 bridgehead atoms. The molecule has 2 aromatic carbocycles. The number of esters is 1. The van der Waals surface area contributed by atoms with Crippen molar-refractivity contribution < 1.29 is 33.4 Å². The van der Waals surface area contributed by atoms with E-state index in [0.29, 0.717) is 25.8 Å². The molecule has 44 heavy (non-hydrogen) atoms. The Balaban J connectivity index is 1.90. The molecule has 0 aliphatic rings. The fraction of sp³-hybridized carbons (Fsp3) is 0.469. The van der Waals surface area contributed by atoms with Crippen molar-refractivity contribution in [3.63, 3.8) is 0 Å². The van der Waals surface area contributed by atoms with Crippen LogP contribution in [0, 0.1) is 0 Å². The monoisotopic (exact) mass is 611 g/mol. The molecule has 12 nitrogen and oxygen atoms in total. The van der Waals surface area contributed by atoms with Gasteiger partial charge in [-0.1, -0.05) is 60.7 Å². The average Bonchev–Trinajstić information content (AvgIpc) is 2.98. The lowest BCUT2D eigenvalue weighted by atomic mass is 10.0. The molecule has 0 unspecified atom stereocenters. The van der Waals surface area contributed by atoms with E-state index in [0.717, 1.165) is 11.1 Å². The number of methoxy groups -OCH3 is 1. The number of alkyl carbamates (subject to hydrolysis) is 1. The predicted octanol–water partition coefficient (Wildman–Crippen LogP) is 1.75. The third-order valence-corrected chi connectivity index (χ3v) is 6.39. The molecule has 240 valence electrons. The highest BCUT2D eigenvalue weighted by Crippen LogP contribution is 2.09. The zero-order valence-corrected chi connectivity index (χ0v) is 25.9. The molecule has 0 heterocycles. The molecular formula is C32H45N5O7. The maximum absolute atomic E-state index is 13.4. The number of nitrogens with two attached hydrogens (primary N) is 1. The molecule has 0 radical (unpaired) electrons. The number of nitrogens with one attached hydrogen (secondary N) is 4. The van der Waals surface area contributed by atoms with E-state index in [-0.39, 0.29) is 12.8 Å². The standard InChI is InChI=1S/C32H45N5O7/c1-32(2,3)44-31(42)34-18-12-11-17-24(33)28(39)35-21-27(38)36-25(19-22-13-7-5-8-14-22)29(40)37-26(30(41)43-4)20-23-15-9-6-10-16-23/h5-10,13-16,24-26H,11-12,17-21,33H2,1-4H3,(H,34,42)(H,35,39)(H,36,38)(H,37,40)/t24-,25-,26-/m0/s1. The van der Waals surface area contributed by atoms with E-state index >= 15 is 0 Å². The predicted molar refractivity (Wildman–Crippen MR) is 165 cm³/mol. The van der Waals surface area contributed by atoms with Crippen molar-refractivity contribution in [3.05, 3.63) is 71.8 Å². The van der Waals surface area contributed by atoms with Gasteiger partial charge in [0.25, 0.3) is 0 Å². The summed E-state index contributed by atoms with van der Waals surface area (Å²) >= 11 is 0. The lowest BCUT2D eigenvalue weighted by Crippen LogP contribution is -2.55. The van der Waals surface area contributed by atoms with Gasteiger partial charge in [0.15, 0.2) is 0 Å². The molecule has 3 atom stereocenters. The number of carbonyl (C=O) groups is 5. The molecule has 0 fully saturated rings. The average molecular weight is 612 g/mol. The first-order valence-electron chi connectivity index (χ1n) is 14.6. The van der Waals surface area contributed by atoms with Gasteiger partial charge in [0.1, 0.15) is 17.7 Å². The van der Waals surface area contributed by atoms with Crippen molar-refractivity contribution in [2.75, 3.05) is 20.2 Å². The second-order valence-electron chi connectivity index (χ2n) is 11.3. The highest BCUT2D eigenvalue weighted by molar-refractivity contribution is 5.93. The molecule has 0 spiro atoms. The summed E-state index contributed by atoms with van der Waals surface area (Å²) in [6, 6.07) is 15.4. The minimum absolute atomic E-state index is 0.155. The fourth-order valence-electron chi connectivity index (χ4n) is 4.19. The normalized spacial score (nSPS) is 13.0. The van der Waals surface area contributed by atoms with Crippen LogP contribution in [0.25, 0.3) is 0 Å².